The fourth-order valence-electron chi connectivity index (χ4n) is 4.76. The first-order valence-electron chi connectivity index (χ1n) is 11.9. The zero-order valence-electron chi connectivity index (χ0n) is 19.9. The topological polar surface area (TPSA) is 170 Å². The Kier molecular flexibility index (Phi) is 6.54. The molecule has 0 aliphatic heterocycles. The summed E-state index contributed by atoms with van der Waals surface area (Å²) < 4.78 is 0. The molecular weight excluding hydrogens is 476 g/mol. The molecule has 2 aromatic heterocycles. The summed E-state index contributed by atoms with van der Waals surface area (Å²) in [6.07, 6.45) is 3.38. The highest BCUT2D eigenvalue weighted by Crippen LogP contribution is 2.33. The number of amides is 2. The van der Waals surface area contributed by atoms with Gasteiger partial charge in [0, 0.05) is 17.8 Å². The van der Waals surface area contributed by atoms with Crippen LogP contribution in [0.25, 0.3) is 11.0 Å². The summed E-state index contributed by atoms with van der Waals surface area (Å²) in [5.74, 6) is -0.435. The highest BCUT2D eigenvalue weighted by molar-refractivity contribution is 5.97. The number of nitrogens with two attached hydrogens (primary N) is 1. The van der Waals surface area contributed by atoms with Crippen LogP contribution in [0, 0.1) is 0 Å². The van der Waals surface area contributed by atoms with Crippen molar-refractivity contribution >= 4 is 28.9 Å². The zero-order valence-corrected chi connectivity index (χ0v) is 19.9. The van der Waals surface area contributed by atoms with Gasteiger partial charge in [0.05, 0.1) is 0 Å². The summed E-state index contributed by atoms with van der Waals surface area (Å²) in [7, 11) is 0. The van der Waals surface area contributed by atoms with Gasteiger partial charge in [-0.3, -0.25) is 4.79 Å². The number of nitrogens with zero attached hydrogens (tertiary/aromatic N) is 5. The van der Waals surface area contributed by atoms with Gasteiger partial charge in [0.2, 0.25) is 0 Å². The Morgan fingerprint density at radius 2 is 1.84 bits per heavy atom. The molecule has 12 nitrogen and oxygen atoms in total. The van der Waals surface area contributed by atoms with Crippen LogP contribution in [-0.4, -0.2) is 53.8 Å². The zero-order chi connectivity index (χ0) is 25.8. The third-order valence-electron chi connectivity index (χ3n) is 6.56. The molecule has 2 aromatic carbocycles. The van der Waals surface area contributed by atoms with Crippen molar-refractivity contribution in [2.45, 2.75) is 43.7 Å². The molecule has 1 saturated carbocycles. The van der Waals surface area contributed by atoms with Crippen LogP contribution in [0.3, 0.4) is 0 Å². The van der Waals surface area contributed by atoms with Gasteiger partial charge in [0.25, 0.3) is 5.91 Å². The number of nitrogens with one attached hydrogen (secondary N) is 2. The van der Waals surface area contributed by atoms with Crippen molar-refractivity contribution in [3.8, 4) is 6.01 Å². The molecule has 0 atom stereocenters. The standard InChI is InChI=1S/C25H26N8O4/c26-21(34)18-15-27-23(37-33-20-9-5-4-8-19(20)31-32-33)29-22(18)28-17-10-12-25(13-11-17,30-24(35)36)14-16-6-2-1-3-7-16/h1-9,15,17,30H,10-14H2,(H2,26,34)(H,35,36)(H,27,28,29). The van der Waals surface area contributed by atoms with Crippen LogP contribution in [0.5, 0.6) is 6.01 Å². The third-order valence-corrected chi connectivity index (χ3v) is 6.56. The van der Waals surface area contributed by atoms with E-state index in [2.05, 4.69) is 30.9 Å². The number of fused-ring (bicyclic) bond motifs is 1. The van der Waals surface area contributed by atoms with Gasteiger partial charge in [-0.25, -0.2) is 9.78 Å². The lowest BCUT2D eigenvalue weighted by Crippen LogP contribution is -2.53. The molecule has 0 unspecified atom stereocenters. The van der Waals surface area contributed by atoms with E-state index in [4.69, 9.17) is 10.6 Å². The Bertz CT molecular complexity index is 1420. The Morgan fingerprint density at radius 1 is 1.11 bits per heavy atom. The molecule has 4 aromatic rings. The van der Waals surface area contributed by atoms with Gasteiger partial charge < -0.3 is 26.3 Å². The fourth-order valence-corrected chi connectivity index (χ4v) is 4.76. The molecule has 37 heavy (non-hydrogen) atoms. The lowest BCUT2D eigenvalue weighted by atomic mass is 9.75. The van der Waals surface area contributed by atoms with Gasteiger partial charge in [-0.1, -0.05) is 47.3 Å². The molecule has 190 valence electrons. The molecular formula is C25H26N8O4. The van der Waals surface area contributed by atoms with Crippen molar-refractivity contribution in [3.63, 3.8) is 0 Å². The maximum Gasteiger partial charge on any atom is 0.405 e. The minimum Gasteiger partial charge on any atom is -0.465 e. The van der Waals surface area contributed by atoms with E-state index in [1.807, 2.05) is 42.5 Å². The largest absolute Gasteiger partial charge is 0.465 e. The minimum absolute atomic E-state index is 0.0371. The van der Waals surface area contributed by atoms with Crippen molar-refractivity contribution in [2.75, 3.05) is 5.32 Å². The normalized spacial score (nSPS) is 19.3. The maximum absolute atomic E-state index is 12.1. The van der Waals surface area contributed by atoms with E-state index in [1.54, 1.807) is 12.1 Å². The molecule has 0 radical (unpaired) electrons. The molecule has 0 spiro atoms. The third kappa shape index (κ3) is 5.42. The second-order valence-corrected chi connectivity index (χ2v) is 9.11. The number of aromatic nitrogens is 5. The Labute approximate surface area is 211 Å². The smallest absolute Gasteiger partial charge is 0.405 e. The van der Waals surface area contributed by atoms with Crippen LogP contribution in [0.15, 0.2) is 60.8 Å². The van der Waals surface area contributed by atoms with E-state index in [0.717, 1.165) is 5.56 Å². The number of hydrogen-bond donors (Lipinski definition) is 4. The van der Waals surface area contributed by atoms with E-state index in [9.17, 15) is 14.7 Å². The minimum atomic E-state index is -1.04. The second-order valence-electron chi connectivity index (χ2n) is 9.11. The first kappa shape index (κ1) is 24.0. The number of rotatable bonds is 8. The van der Waals surface area contributed by atoms with Crippen LogP contribution in [0.1, 0.15) is 41.6 Å². The first-order valence-corrected chi connectivity index (χ1v) is 11.9. The number of carbonyl (C=O) groups is 2. The number of carboxylic acid groups (broad SMARTS) is 1. The lowest BCUT2D eigenvalue weighted by molar-refractivity contribution is 0.0999. The molecule has 1 aliphatic rings. The number of para-hydroxylation sites is 1. The highest BCUT2D eigenvalue weighted by atomic mass is 16.7. The van der Waals surface area contributed by atoms with Gasteiger partial charge in [-0.2, -0.15) is 4.98 Å². The summed E-state index contributed by atoms with van der Waals surface area (Å²) in [5, 5.41) is 23.5. The molecule has 2 heterocycles. The van der Waals surface area contributed by atoms with Gasteiger partial charge in [0.1, 0.15) is 22.4 Å². The highest BCUT2D eigenvalue weighted by Gasteiger charge is 2.37. The summed E-state index contributed by atoms with van der Waals surface area (Å²) >= 11 is 0. The number of hydrogen-bond acceptors (Lipinski definition) is 8. The summed E-state index contributed by atoms with van der Waals surface area (Å²) in [4.78, 5) is 39.0. The van der Waals surface area contributed by atoms with E-state index in [-0.39, 0.29) is 23.4 Å². The van der Waals surface area contributed by atoms with Crippen molar-refractivity contribution in [1.82, 2.24) is 30.4 Å². The number of anilines is 1. The van der Waals surface area contributed by atoms with Crippen molar-refractivity contribution in [1.29, 1.82) is 0 Å². The van der Waals surface area contributed by atoms with Gasteiger partial charge in [0.15, 0.2) is 0 Å². The average Bonchev–Trinajstić information content (AvgIpc) is 3.28. The van der Waals surface area contributed by atoms with E-state index < -0.39 is 17.5 Å². The monoisotopic (exact) mass is 502 g/mol. The van der Waals surface area contributed by atoms with Crippen LogP contribution in [-0.2, 0) is 6.42 Å². The number of primary amides is 1. The van der Waals surface area contributed by atoms with Crippen LogP contribution in [0.4, 0.5) is 10.6 Å². The Hall–Kier alpha value is -4.74. The molecule has 1 fully saturated rings. The number of carbonyl (C=O) groups excluding carboxylic acids is 1. The van der Waals surface area contributed by atoms with E-state index >= 15 is 0 Å². The Morgan fingerprint density at radius 3 is 2.57 bits per heavy atom. The molecule has 5 rings (SSSR count). The molecule has 0 bridgehead atoms. The maximum atomic E-state index is 12.1. The van der Waals surface area contributed by atoms with Gasteiger partial charge >= 0.3 is 12.1 Å². The SMILES string of the molecule is NC(=O)c1cnc(On2nnc3ccccc32)nc1NC1CCC(Cc2ccccc2)(NC(=O)O)CC1. The van der Waals surface area contributed by atoms with Gasteiger partial charge in [-0.05, 0) is 55.0 Å². The van der Waals surface area contributed by atoms with Crippen molar-refractivity contribution in [2.24, 2.45) is 5.73 Å². The summed E-state index contributed by atoms with van der Waals surface area (Å²) in [6.45, 7) is 0. The van der Waals surface area contributed by atoms with E-state index in [0.29, 0.717) is 43.1 Å². The molecule has 1 aliphatic carbocycles. The quantitative estimate of drug-likeness (QED) is 0.283. The summed E-state index contributed by atoms with van der Waals surface area (Å²) in [5.41, 5.74) is 7.45. The molecule has 0 saturated heterocycles. The van der Waals surface area contributed by atoms with Crippen molar-refractivity contribution in [3.05, 3.63) is 71.9 Å². The van der Waals surface area contributed by atoms with E-state index in [1.165, 1.54) is 11.0 Å². The van der Waals surface area contributed by atoms with Crippen LogP contribution >= 0.6 is 0 Å². The predicted molar refractivity (Wildman–Crippen MR) is 134 cm³/mol. The summed E-state index contributed by atoms with van der Waals surface area (Å²) in [6, 6.07) is 17.0. The number of benzene rings is 2. The second kappa shape index (κ2) is 10.1. The fraction of sp³-hybridized carbons (Fsp3) is 0.280. The lowest BCUT2D eigenvalue weighted by Gasteiger charge is -2.40. The first-order chi connectivity index (χ1) is 17.9. The molecule has 2 amide bonds. The van der Waals surface area contributed by atoms with Crippen LogP contribution in [0.2, 0.25) is 0 Å². The van der Waals surface area contributed by atoms with Crippen LogP contribution < -0.4 is 21.2 Å². The average molecular weight is 503 g/mol. The van der Waals surface area contributed by atoms with Gasteiger partial charge in [-0.15, -0.1) is 5.10 Å². The van der Waals surface area contributed by atoms with Crippen molar-refractivity contribution < 1.29 is 19.5 Å². The molecule has 12 heteroatoms. The Balaban J connectivity index is 1.32. The predicted octanol–water partition coefficient (Wildman–Crippen LogP) is 2.77. The molecule has 5 N–H and O–H groups in total.